The van der Waals surface area contributed by atoms with Gasteiger partial charge in [-0.1, -0.05) is 44.2 Å². The number of rotatable bonds is 8. The van der Waals surface area contributed by atoms with E-state index in [4.69, 9.17) is 11.6 Å². The summed E-state index contributed by atoms with van der Waals surface area (Å²) < 4.78 is 0.721. The van der Waals surface area contributed by atoms with E-state index in [9.17, 15) is 4.79 Å². The van der Waals surface area contributed by atoms with Gasteiger partial charge in [0.1, 0.15) is 0 Å². The molecule has 5 heteroatoms. The zero-order valence-electron chi connectivity index (χ0n) is 10.6. The fourth-order valence-corrected chi connectivity index (χ4v) is 2.44. The average molecular weight is 287 g/mol. The zero-order valence-corrected chi connectivity index (χ0v) is 12.2. The fraction of sp³-hybridized carbons (Fsp3) is 0.538. The molecule has 0 atom stereocenters. The van der Waals surface area contributed by atoms with E-state index in [1.165, 1.54) is 30.6 Å². The van der Waals surface area contributed by atoms with Crippen LogP contribution in [0.25, 0.3) is 0 Å². The number of unbranched alkanes of at least 4 members (excludes halogenated alkanes) is 4. The molecule has 1 aromatic rings. The second kappa shape index (κ2) is 9.11. The van der Waals surface area contributed by atoms with E-state index in [0.29, 0.717) is 6.42 Å². The number of amides is 1. The summed E-state index contributed by atoms with van der Waals surface area (Å²) in [5.41, 5.74) is 2.53. The topological polar surface area (TPSA) is 41.5 Å². The van der Waals surface area contributed by atoms with Gasteiger partial charge in [0.05, 0.1) is 10.6 Å². The van der Waals surface area contributed by atoms with Gasteiger partial charge in [0.25, 0.3) is 0 Å². The van der Waals surface area contributed by atoms with Crippen LogP contribution in [0.2, 0.25) is 4.34 Å². The maximum atomic E-state index is 11.4. The van der Waals surface area contributed by atoms with Gasteiger partial charge in [-0.2, -0.15) is 5.10 Å². The van der Waals surface area contributed by atoms with Gasteiger partial charge in [0, 0.05) is 11.3 Å². The molecule has 1 aromatic heterocycles. The molecular formula is C13H19ClN2OS. The molecule has 1 N–H and O–H groups in total. The van der Waals surface area contributed by atoms with Gasteiger partial charge in [0.2, 0.25) is 5.91 Å². The Morgan fingerprint density at radius 3 is 2.83 bits per heavy atom. The Hall–Kier alpha value is -0.870. The minimum atomic E-state index is -0.0228. The van der Waals surface area contributed by atoms with E-state index in [1.54, 1.807) is 6.21 Å². The van der Waals surface area contributed by atoms with Gasteiger partial charge in [-0.3, -0.25) is 4.79 Å². The molecule has 0 unspecified atom stereocenters. The third kappa shape index (κ3) is 6.77. The summed E-state index contributed by atoms with van der Waals surface area (Å²) in [6.07, 6.45) is 7.90. The molecule has 0 radical (unpaired) electrons. The number of thiophene rings is 1. The minimum Gasteiger partial charge on any atom is -0.273 e. The molecule has 0 aliphatic rings. The standard InChI is InChI=1S/C13H19ClN2OS/c1-2-3-4-5-6-7-13(17)16-15-10-11-8-9-12(14)18-11/h8-10H,2-7H2,1H3,(H,16,17). The Kier molecular flexibility index (Phi) is 7.69. The number of hydrazone groups is 1. The van der Waals surface area contributed by atoms with Crippen LogP contribution in [0.3, 0.4) is 0 Å². The number of halogens is 1. The second-order valence-corrected chi connectivity index (χ2v) is 5.85. The molecule has 0 fully saturated rings. The Balaban J connectivity index is 2.11. The first-order chi connectivity index (χ1) is 8.72. The van der Waals surface area contributed by atoms with Gasteiger partial charge in [0.15, 0.2) is 0 Å². The van der Waals surface area contributed by atoms with Crippen molar-refractivity contribution in [3.05, 3.63) is 21.3 Å². The highest BCUT2D eigenvalue weighted by Gasteiger charge is 1.99. The molecular weight excluding hydrogens is 268 g/mol. The van der Waals surface area contributed by atoms with E-state index in [-0.39, 0.29) is 5.91 Å². The first-order valence-electron chi connectivity index (χ1n) is 6.29. The predicted molar refractivity (Wildman–Crippen MR) is 78.4 cm³/mol. The lowest BCUT2D eigenvalue weighted by molar-refractivity contribution is -0.121. The van der Waals surface area contributed by atoms with Crippen LogP contribution < -0.4 is 5.43 Å². The van der Waals surface area contributed by atoms with Crippen molar-refractivity contribution >= 4 is 35.1 Å². The molecule has 3 nitrogen and oxygen atoms in total. The van der Waals surface area contributed by atoms with Crippen molar-refractivity contribution in [1.29, 1.82) is 0 Å². The van der Waals surface area contributed by atoms with Crippen LogP contribution in [0, 0.1) is 0 Å². The zero-order chi connectivity index (χ0) is 13.2. The van der Waals surface area contributed by atoms with Gasteiger partial charge in [-0.15, -0.1) is 11.3 Å². The lowest BCUT2D eigenvalue weighted by atomic mass is 10.1. The summed E-state index contributed by atoms with van der Waals surface area (Å²) in [4.78, 5) is 12.4. The van der Waals surface area contributed by atoms with E-state index < -0.39 is 0 Å². The summed E-state index contributed by atoms with van der Waals surface area (Å²) in [6.45, 7) is 2.18. The Morgan fingerprint density at radius 1 is 1.39 bits per heavy atom. The van der Waals surface area contributed by atoms with Gasteiger partial charge >= 0.3 is 0 Å². The number of hydrogen-bond acceptors (Lipinski definition) is 3. The number of carbonyl (C=O) groups is 1. The maximum absolute atomic E-state index is 11.4. The lowest BCUT2D eigenvalue weighted by Crippen LogP contribution is -2.16. The molecule has 0 aromatic carbocycles. The molecule has 100 valence electrons. The Bertz CT molecular complexity index is 390. The molecule has 1 rings (SSSR count). The van der Waals surface area contributed by atoms with Crippen LogP contribution in [0.5, 0.6) is 0 Å². The molecule has 18 heavy (non-hydrogen) atoms. The highest BCUT2D eigenvalue weighted by Crippen LogP contribution is 2.19. The first kappa shape index (κ1) is 15.2. The van der Waals surface area contributed by atoms with E-state index >= 15 is 0 Å². The number of nitrogens with one attached hydrogen (secondary N) is 1. The lowest BCUT2D eigenvalue weighted by Gasteiger charge is -1.99. The number of nitrogens with zero attached hydrogens (tertiary/aromatic N) is 1. The summed E-state index contributed by atoms with van der Waals surface area (Å²) in [6, 6.07) is 3.68. The fourth-order valence-electron chi connectivity index (χ4n) is 1.51. The van der Waals surface area contributed by atoms with Crippen LogP contribution in [0.1, 0.15) is 50.3 Å². The van der Waals surface area contributed by atoms with Gasteiger partial charge < -0.3 is 0 Å². The molecule has 0 saturated heterocycles. The van der Waals surface area contributed by atoms with Crippen molar-refractivity contribution in [1.82, 2.24) is 5.43 Å². The summed E-state index contributed by atoms with van der Waals surface area (Å²) in [7, 11) is 0. The third-order valence-electron chi connectivity index (χ3n) is 2.48. The van der Waals surface area contributed by atoms with Gasteiger partial charge in [-0.25, -0.2) is 5.43 Å². The summed E-state index contributed by atoms with van der Waals surface area (Å²) >= 11 is 7.21. The second-order valence-electron chi connectivity index (χ2n) is 4.10. The van der Waals surface area contributed by atoms with Crippen LogP contribution in [0.15, 0.2) is 17.2 Å². The molecule has 1 heterocycles. The van der Waals surface area contributed by atoms with Crippen molar-refractivity contribution in [2.45, 2.75) is 45.4 Å². The smallest absolute Gasteiger partial charge is 0.240 e. The molecule has 0 aliphatic heterocycles. The quantitative estimate of drug-likeness (QED) is 0.434. The van der Waals surface area contributed by atoms with Gasteiger partial charge in [-0.05, 0) is 18.6 Å². The molecule has 0 saturated carbocycles. The monoisotopic (exact) mass is 286 g/mol. The number of carbonyl (C=O) groups excluding carboxylic acids is 1. The Morgan fingerprint density at radius 2 is 2.17 bits per heavy atom. The third-order valence-corrected chi connectivity index (χ3v) is 3.65. The minimum absolute atomic E-state index is 0.0228. The molecule has 0 aliphatic carbocycles. The van der Waals surface area contributed by atoms with Crippen LogP contribution in [-0.4, -0.2) is 12.1 Å². The largest absolute Gasteiger partial charge is 0.273 e. The van der Waals surface area contributed by atoms with Crippen LogP contribution in [-0.2, 0) is 4.79 Å². The van der Waals surface area contributed by atoms with Crippen molar-refractivity contribution < 1.29 is 4.79 Å². The van der Waals surface area contributed by atoms with Crippen molar-refractivity contribution in [3.63, 3.8) is 0 Å². The summed E-state index contributed by atoms with van der Waals surface area (Å²) in [5.74, 6) is -0.0228. The SMILES string of the molecule is CCCCCCCC(=O)NN=Cc1ccc(Cl)s1. The highest BCUT2D eigenvalue weighted by atomic mass is 35.5. The predicted octanol–water partition coefficient (Wildman–Crippen LogP) is 4.21. The number of hydrogen-bond donors (Lipinski definition) is 1. The van der Waals surface area contributed by atoms with E-state index in [1.807, 2.05) is 12.1 Å². The van der Waals surface area contributed by atoms with Crippen molar-refractivity contribution in [3.8, 4) is 0 Å². The summed E-state index contributed by atoms with van der Waals surface area (Å²) in [5, 5.41) is 3.90. The Labute approximate surface area is 117 Å². The van der Waals surface area contributed by atoms with Crippen LogP contribution in [0.4, 0.5) is 0 Å². The molecule has 0 spiro atoms. The average Bonchev–Trinajstić information content (AvgIpc) is 2.75. The normalized spacial score (nSPS) is 11.0. The van der Waals surface area contributed by atoms with Crippen molar-refractivity contribution in [2.24, 2.45) is 5.10 Å². The molecule has 1 amide bonds. The van der Waals surface area contributed by atoms with E-state index in [0.717, 1.165) is 22.1 Å². The molecule has 0 bridgehead atoms. The van der Waals surface area contributed by atoms with Crippen molar-refractivity contribution in [2.75, 3.05) is 0 Å². The first-order valence-corrected chi connectivity index (χ1v) is 7.49. The van der Waals surface area contributed by atoms with E-state index in [2.05, 4.69) is 17.5 Å². The highest BCUT2D eigenvalue weighted by molar-refractivity contribution is 7.17. The maximum Gasteiger partial charge on any atom is 0.240 e. The van der Waals surface area contributed by atoms with Crippen LogP contribution >= 0.6 is 22.9 Å².